The molecule has 0 radical (unpaired) electrons. The maximum atomic E-state index is 12.2. The molecule has 4 nitrogen and oxygen atoms in total. The predicted octanol–water partition coefficient (Wildman–Crippen LogP) is 3.41. The number of hydrogen-bond donors (Lipinski definition) is 0. The Labute approximate surface area is 129 Å². The molecule has 0 atom stereocenters. The minimum Gasteiger partial charge on any atom is -0.494 e. The molecule has 0 aliphatic heterocycles. The fourth-order valence-corrected chi connectivity index (χ4v) is 2.04. The summed E-state index contributed by atoms with van der Waals surface area (Å²) in [6.45, 7) is 3.11. The van der Waals surface area contributed by atoms with Crippen LogP contribution in [0.2, 0.25) is 5.15 Å². The third-order valence-corrected chi connectivity index (χ3v) is 3.20. The molecule has 21 heavy (non-hydrogen) atoms. The number of amides is 1. The van der Waals surface area contributed by atoms with E-state index < -0.39 is 0 Å². The van der Waals surface area contributed by atoms with E-state index in [-0.39, 0.29) is 5.91 Å². The van der Waals surface area contributed by atoms with E-state index in [0.29, 0.717) is 23.9 Å². The standard InChI is InChI=1S/C16H17ClN2O2/c1-3-21-14-7-4-12(5-8-14)11-19(2)16(20)13-6-9-15(17)18-10-13/h4-10H,3,11H2,1-2H3. The second kappa shape index (κ2) is 7.09. The van der Waals surface area contributed by atoms with E-state index in [9.17, 15) is 4.79 Å². The first kappa shape index (κ1) is 15.3. The normalized spacial score (nSPS) is 10.2. The van der Waals surface area contributed by atoms with Gasteiger partial charge in [0.15, 0.2) is 0 Å². The van der Waals surface area contributed by atoms with Gasteiger partial charge in [0.05, 0.1) is 12.2 Å². The van der Waals surface area contributed by atoms with Crippen molar-refractivity contribution in [3.8, 4) is 5.75 Å². The highest BCUT2D eigenvalue weighted by molar-refractivity contribution is 6.29. The minimum atomic E-state index is -0.0898. The van der Waals surface area contributed by atoms with Crippen LogP contribution in [0.25, 0.3) is 0 Å². The van der Waals surface area contributed by atoms with E-state index in [4.69, 9.17) is 16.3 Å². The summed E-state index contributed by atoms with van der Waals surface area (Å²) in [4.78, 5) is 17.8. The number of rotatable bonds is 5. The molecule has 1 aromatic carbocycles. The molecule has 2 aromatic rings. The number of carbonyl (C=O) groups excluding carboxylic acids is 1. The Hall–Kier alpha value is -2.07. The molecular weight excluding hydrogens is 288 g/mol. The van der Waals surface area contributed by atoms with Gasteiger partial charge in [0, 0.05) is 19.8 Å². The van der Waals surface area contributed by atoms with Gasteiger partial charge in [-0.2, -0.15) is 0 Å². The van der Waals surface area contributed by atoms with Crippen LogP contribution in [0, 0.1) is 0 Å². The van der Waals surface area contributed by atoms with Gasteiger partial charge < -0.3 is 9.64 Å². The van der Waals surface area contributed by atoms with Crippen LogP contribution in [0.3, 0.4) is 0 Å². The maximum Gasteiger partial charge on any atom is 0.255 e. The molecule has 0 unspecified atom stereocenters. The van der Waals surface area contributed by atoms with Gasteiger partial charge in [0.2, 0.25) is 0 Å². The van der Waals surface area contributed by atoms with Crippen LogP contribution in [-0.2, 0) is 6.54 Å². The molecule has 1 aromatic heterocycles. The van der Waals surface area contributed by atoms with E-state index in [1.807, 2.05) is 31.2 Å². The number of pyridine rings is 1. The number of benzene rings is 1. The lowest BCUT2D eigenvalue weighted by Crippen LogP contribution is -2.26. The van der Waals surface area contributed by atoms with Gasteiger partial charge in [-0.3, -0.25) is 4.79 Å². The van der Waals surface area contributed by atoms with Crippen LogP contribution in [0.5, 0.6) is 5.75 Å². The van der Waals surface area contributed by atoms with E-state index in [0.717, 1.165) is 11.3 Å². The number of carbonyl (C=O) groups is 1. The average molecular weight is 305 g/mol. The van der Waals surface area contributed by atoms with E-state index in [2.05, 4.69) is 4.98 Å². The fourth-order valence-electron chi connectivity index (χ4n) is 1.93. The lowest BCUT2D eigenvalue weighted by atomic mass is 10.2. The molecule has 0 spiro atoms. The molecule has 0 N–H and O–H groups in total. The molecule has 110 valence electrons. The molecule has 0 saturated carbocycles. The SMILES string of the molecule is CCOc1ccc(CN(C)C(=O)c2ccc(Cl)nc2)cc1. The summed E-state index contributed by atoms with van der Waals surface area (Å²) in [7, 11) is 1.76. The summed E-state index contributed by atoms with van der Waals surface area (Å²) in [5.41, 5.74) is 1.56. The summed E-state index contributed by atoms with van der Waals surface area (Å²) in [6, 6.07) is 11.0. The zero-order valence-electron chi connectivity index (χ0n) is 12.0. The monoisotopic (exact) mass is 304 g/mol. The molecule has 0 aliphatic rings. The molecule has 2 rings (SSSR count). The van der Waals surface area contributed by atoms with Crippen LogP contribution in [0.15, 0.2) is 42.6 Å². The van der Waals surface area contributed by atoms with Crippen molar-refractivity contribution in [3.63, 3.8) is 0 Å². The van der Waals surface area contributed by atoms with Gasteiger partial charge in [0.25, 0.3) is 5.91 Å². The average Bonchev–Trinajstić information content (AvgIpc) is 2.49. The predicted molar refractivity (Wildman–Crippen MR) is 82.7 cm³/mol. The second-order valence-electron chi connectivity index (χ2n) is 4.61. The van der Waals surface area contributed by atoms with Gasteiger partial charge in [-0.1, -0.05) is 23.7 Å². The zero-order valence-corrected chi connectivity index (χ0v) is 12.8. The van der Waals surface area contributed by atoms with Gasteiger partial charge in [-0.05, 0) is 36.8 Å². The topological polar surface area (TPSA) is 42.4 Å². The third-order valence-electron chi connectivity index (χ3n) is 2.98. The molecule has 0 fully saturated rings. The number of nitrogens with zero attached hydrogens (tertiary/aromatic N) is 2. The van der Waals surface area contributed by atoms with Crippen molar-refractivity contribution in [1.29, 1.82) is 0 Å². The smallest absolute Gasteiger partial charge is 0.255 e. The number of ether oxygens (including phenoxy) is 1. The Balaban J connectivity index is 2.01. The zero-order chi connectivity index (χ0) is 15.2. The second-order valence-corrected chi connectivity index (χ2v) is 5.00. The lowest BCUT2D eigenvalue weighted by molar-refractivity contribution is 0.0784. The highest BCUT2D eigenvalue weighted by atomic mass is 35.5. The van der Waals surface area contributed by atoms with Crippen molar-refractivity contribution >= 4 is 17.5 Å². The number of halogens is 1. The van der Waals surface area contributed by atoms with Gasteiger partial charge in [0.1, 0.15) is 10.9 Å². The highest BCUT2D eigenvalue weighted by Crippen LogP contribution is 2.14. The third kappa shape index (κ3) is 4.20. The quantitative estimate of drug-likeness (QED) is 0.795. The minimum absolute atomic E-state index is 0.0898. The first-order valence-electron chi connectivity index (χ1n) is 6.69. The van der Waals surface area contributed by atoms with Crippen molar-refractivity contribution in [2.75, 3.05) is 13.7 Å². The Morgan fingerprint density at radius 3 is 2.52 bits per heavy atom. The summed E-state index contributed by atoms with van der Waals surface area (Å²) in [5.74, 6) is 0.741. The molecular formula is C16H17ClN2O2. The van der Waals surface area contributed by atoms with Crippen molar-refractivity contribution in [3.05, 3.63) is 58.9 Å². The molecule has 0 bridgehead atoms. The lowest BCUT2D eigenvalue weighted by Gasteiger charge is -2.17. The molecule has 5 heteroatoms. The first-order chi connectivity index (χ1) is 10.1. The maximum absolute atomic E-state index is 12.2. The fraction of sp³-hybridized carbons (Fsp3) is 0.250. The number of aromatic nitrogens is 1. The van der Waals surface area contributed by atoms with Crippen LogP contribution in [-0.4, -0.2) is 29.4 Å². The molecule has 0 aliphatic carbocycles. The van der Waals surface area contributed by atoms with Crippen molar-refractivity contribution in [2.45, 2.75) is 13.5 Å². The summed E-state index contributed by atoms with van der Waals surface area (Å²) in [6.07, 6.45) is 1.49. The molecule has 0 saturated heterocycles. The van der Waals surface area contributed by atoms with Crippen molar-refractivity contribution in [2.24, 2.45) is 0 Å². The highest BCUT2D eigenvalue weighted by Gasteiger charge is 2.12. The number of hydrogen-bond acceptors (Lipinski definition) is 3. The van der Waals surface area contributed by atoms with E-state index in [1.165, 1.54) is 6.20 Å². The van der Waals surface area contributed by atoms with E-state index in [1.54, 1.807) is 24.1 Å². The molecule has 1 heterocycles. The van der Waals surface area contributed by atoms with Crippen molar-refractivity contribution < 1.29 is 9.53 Å². The van der Waals surface area contributed by atoms with Crippen LogP contribution in [0.1, 0.15) is 22.8 Å². The van der Waals surface area contributed by atoms with E-state index >= 15 is 0 Å². The Morgan fingerprint density at radius 1 is 1.24 bits per heavy atom. The molecule has 1 amide bonds. The Bertz CT molecular complexity index is 597. The van der Waals surface area contributed by atoms with Crippen LogP contribution in [0.4, 0.5) is 0 Å². The van der Waals surface area contributed by atoms with Crippen molar-refractivity contribution in [1.82, 2.24) is 9.88 Å². The van der Waals surface area contributed by atoms with Gasteiger partial charge >= 0.3 is 0 Å². The Morgan fingerprint density at radius 2 is 1.95 bits per heavy atom. The summed E-state index contributed by atoms with van der Waals surface area (Å²) < 4.78 is 5.39. The summed E-state index contributed by atoms with van der Waals surface area (Å²) in [5, 5.41) is 0.376. The summed E-state index contributed by atoms with van der Waals surface area (Å²) >= 11 is 5.72. The first-order valence-corrected chi connectivity index (χ1v) is 7.06. The largest absolute Gasteiger partial charge is 0.494 e. The van der Waals surface area contributed by atoms with Crippen LogP contribution >= 0.6 is 11.6 Å². The van der Waals surface area contributed by atoms with Crippen LogP contribution < -0.4 is 4.74 Å². The van der Waals surface area contributed by atoms with Gasteiger partial charge in [-0.25, -0.2) is 4.98 Å². The Kier molecular flexibility index (Phi) is 5.17. The van der Waals surface area contributed by atoms with Gasteiger partial charge in [-0.15, -0.1) is 0 Å².